The minimum atomic E-state index is -0.0988. The van der Waals surface area contributed by atoms with Crippen LogP contribution in [0.5, 0.6) is 5.75 Å². The van der Waals surface area contributed by atoms with Gasteiger partial charge < -0.3 is 15.0 Å². The summed E-state index contributed by atoms with van der Waals surface area (Å²) in [6.45, 7) is 0. The van der Waals surface area contributed by atoms with Crippen molar-refractivity contribution in [1.29, 1.82) is 0 Å². The van der Waals surface area contributed by atoms with E-state index >= 15 is 0 Å². The van der Waals surface area contributed by atoms with E-state index in [1.807, 2.05) is 34.9 Å². The molecule has 5 heteroatoms. The van der Waals surface area contributed by atoms with E-state index in [2.05, 4.69) is 0 Å². The van der Waals surface area contributed by atoms with E-state index in [9.17, 15) is 4.79 Å². The van der Waals surface area contributed by atoms with Crippen LogP contribution < -0.4 is 16.0 Å². The van der Waals surface area contributed by atoms with Gasteiger partial charge in [-0.15, -0.1) is 0 Å². The van der Waals surface area contributed by atoms with Crippen LogP contribution >= 0.6 is 12.2 Å². The van der Waals surface area contributed by atoms with Gasteiger partial charge in [-0.25, -0.2) is 0 Å². The molecule has 0 spiro atoms. The molecular formula is C16H16N2O2S. The molecule has 108 valence electrons. The van der Waals surface area contributed by atoms with Crippen LogP contribution in [0.1, 0.15) is 24.4 Å². The monoisotopic (exact) mass is 300 g/mol. The lowest BCUT2D eigenvalue weighted by molar-refractivity contribution is 0.415. The first-order valence-electron chi connectivity index (χ1n) is 6.81. The molecule has 1 fully saturated rings. The molecule has 0 radical (unpaired) electrons. The Kier molecular flexibility index (Phi) is 3.51. The third-order valence-electron chi connectivity index (χ3n) is 3.68. The van der Waals surface area contributed by atoms with Gasteiger partial charge in [-0.3, -0.25) is 4.79 Å². The van der Waals surface area contributed by atoms with Crippen molar-refractivity contribution in [3.05, 3.63) is 52.3 Å². The summed E-state index contributed by atoms with van der Waals surface area (Å²) >= 11 is 4.96. The normalized spacial score (nSPS) is 14.0. The van der Waals surface area contributed by atoms with Crippen LogP contribution in [0.3, 0.4) is 0 Å². The number of hydrogen-bond donors (Lipinski definition) is 1. The maximum atomic E-state index is 12.6. The first kappa shape index (κ1) is 13.8. The maximum Gasteiger partial charge on any atom is 0.261 e. The van der Waals surface area contributed by atoms with Crippen LogP contribution in [0.2, 0.25) is 0 Å². The number of benzene rings is 1. The fourth-order valence-corrected chi connectivity index (χ4v) is 2.59. The molecule has 21 heavy (non-hydrogen) atoms. The molecule has 1 heterocycles. The van der Waals surface area contributed by atoms with E-state index < -0.39 is 0 Å². The summed E-state index contributed by atoms with van der Waals surface area (Å²) in [5.74, 6) is 0.791. The Hall–Kier alpha value is -2.14. The molecule has 3 rings (SSSR count). The summed E-state index contributed by atoms with van der Waals surface area (Å²) in [5.41, 5.74) is 7.82. The Morgan fingerprint density at radius 3 is 2.43 bits per heavy atom. The summed E-state index contributed by atoms with van der Waals surface area (Å²) in [7, 11) is 1.63. The fourth-order valence-electron chi connectivity index (χ4n) is 2.43. The van der Waals surface area contributed by atoms with Gasteiger partial charge in [-0.05, 0) is 54.8 Å². The van der Waals surface area contributed by atoms with E-state index in [4.69, 9.17) is 22.7 Å². The highest BCUT2D eigenvalue weighted by Crippen LogP contribution is 2.37. The number of aromatic nitrogens is 1. The number of hydrogen-bond acceptors (Lipinski definition) is 3. The van der Waals surface area contributed by atoms with Crippen molar-refractivity contribution < 1.29 is 4.74 Å². The lowest BCUT2D eigenvalue weighted by Gasteiger charge is -2.14. The molecule has 0 saturated heterocycles. The molecule has 4 nitrogen and oxygen atoms in total. The molecule has 2 N–H and O–H groups in total. The Balaban J connectivity index is 2.15. The second kappa shape index (κ2) is 5.33. The van der Waals surface area contributed by atoms with Crippen molar-refractivity contribution >= 4 is 17.2 Å². The molecule has 1 aliphatic carbocycles. The summed E-state index contributed by atoms with van der Waals surface area (Å²) in [4.78, 5) is 12.7. The van der Waals surface area contributed by atoms with E-state index in [0.717, 1.165) is 29.8 Å². The quantitative estimate of drug-likeness (QED) is 0.881. The Morgan fingerprint density at radius 1 is 1.24 bits per heavy atom. The van der Waals surface area contributed by atoms with Gasteiger partial charge in [0.1, 0.15) is 10.7 Å². The topological polar surface area (TPSA) is 57.2 Å². The summed E-state index contributed by atoms with van der Waals surface area (Å²) in [6.07, 6.45) is 2.04. The smallest absolute Gasteiger partial charge is 0.261 e. The standard InChI is InChI=1S/C16H16N2O2S/c1-20-12-6-2-10(3-7-12)14-9-8-13(15(17)21)16(19)18(14)11-4-5-11/h2-3,6-9,11H,4-5H2,1H3,(H2,17,21). The second-order valence-corrected chi connectivity index (χ2v) is 5.57. The van der Waals surface area contributed by atoms with Crippen LogP contribution in [0.15, 0.2) is 41.2 Å². The van der Waals surface area contributed by atoms with Crippen molar-refractivity contribution in [1.82, 2.24) is 4.57 Å². The Labute approximate surface area is 128 Å². The highest BCUT2D eigenvalue weighted by atomic mass is 32.1. The van der Waals surface area contributed by atoms with Gasteiger partial charge in [-0.1, -0.05) is 12.2 Å². The van der Waals surface area contributed by atoms with Crippen LogP contribution in [0.4, 0.5) is 0 Å². The SMILES string of the molecule is COc1ccc(-c2ccc(C(N)=S)c(=O)n2C2CC2)cc1. The second-order valence-electron chi connectivity index (χ2n) is 5.13. The molecule has 1 saturated carbocycles. The number of pyridine rings is 1. The van der Waals surface area contributed by atoms with Crippen molar-refractivity contribution in [3.8, 4) is 17.0 Å². The lowest BCUT2D eigenvalue weighted by atomic mass is 10.1. The number of ether oxygens (including phenoxy) is 1. The van der Waals surface area contributed by atoms with Crippen molar-refractivity contribution in [2.45, 2.75) is 18.9 Å². The molecule has 2 aromatic rings. The third-order valence-corrected chi connectivity index (χ3v) is 3.90. The average molecular weight is 300 g/mol. The van der Waals surface area contributed by atoms with Gasteiger partial charge in [0, 0.05) is 6.04 Å². The number of nitrogens with zero attached hydrogens (tertiary/aromatic N) is 1. The van der Waals surface area contributed by atoms with Gasteiger partial charge in [0.15, 0.2) is 0 Å². The van der Waals surface area contributed by atoms with Crippen molar-refractivity contribution in [2.24, 2.45) is 5.73 Å². The molecule has 0 bridgehead atoms. The molecule has 1 aromatic heterocycles. The molecular weight excluding hydrogens is 284 g/mol. The van der Waals surface area contributed by atoms with E-state index in [-0.39, 0.29) is 16.6 Å². The zero-order valence-electron chi connectivity index (χ0n) is 11.7. The van der Waals surface area contributed by atoms with Gasteiger partial charge in [-0.2, -0.15) is 0 Å². The van der Waals surface area contributed by atoms with Gasteiger partial charge in [0.05, 0.1) is 18.4 Å². The van der Waals surface area contributed by atoms with Gasteiger partial charge in [0.2, 0.25) is 0 Å². The highest BCUT2D eigenvalue weighted by molar-refractivity contribution is 7.80. The average Bonchev–Trinajstić information content (AvgIpc) is 3.31. The molecule has 1 aliphatic rings. The zero-order chi connectivity index (χ0) is 15.0. The van der Waals surface area contributed by atoms with Crippen molar-refractivity contribution in [3.63, 3.8) is 0 Å². The maximum absolute atomic E-state index is 12.6. The predicted octanol–water partition coefficient (Wildman–Crippen LogP) is 2.49. The van der Waals surface area contributed by atoms with Crippen LogP contribution in [-0.2, 0) is 0 Å². The van der Waals surface area contributed by atoms with Crippen LogP contribution in [0.25, 0.3) is 11.3 Å². The fraction of sp³-hybridized carbons (Fsp3) is 0.250. The molecule has 0 amide bonds. The van der Waals surface area contributed by atoms with Gasteiger partial charge in [0.25, 0.3) is 5.56 Å². The number of rotatable bonds is 4. The molecule has 0 atom stereocenters. The van der Waals surface area contributed by atoms with E-state index in [1.54, 1.807) is 13.2 Å². The van der Waals surface area contributed by atoms with Gasteiger partial charge >= 0.3 is 0 Å². The highest BCUT2D eigenvalue weighted by Gasteiger charge is 2.28. The Morgan fingerprint density at radius 2 is 1.90 bits per heavy atom. The number of nitrogens with two attached hydrogens (primary N) is 1. The minimum absolute atomic E-state index is 0.0988. The predicted molar refractivity (Wildman–Crippen MR) is 86.8 cm³/mol. The zero-order valence-corrected chi connectivity index (χ0v) is 12.5. The lowest BCUT2D eigenvalue weighted by Crippen LogP contribution is -2.29. The minimum Gasteiger partial charge on any atom is -0.497 e. The Bertz CT molecular complexity index is 746. The molecule has 1 aromatic carbocycles. The summed E-state index contributed by atoms with van der Waals surface area (Å²) in [5, 5.41) is 0. The third kappa shape index (κ3) is 2.56. The summed E-state index contributed by atoms with van der Waals surface area (Å²) < 4.78 is 6.98. The van der Waals surface area contributed by atoms with Crippen LogP contribution in [0, 0.1) is 0 Å². The molecule has 0 aliphatic heterocycles. The van der Waals surface area contributed by atoms with Crippen LogP contribution in [-0.4, -0.2) is 16.7 Å². The van der Waals surface area contributed by atoms with E-state index in [1.165, 1.54) is 0 Å². The molecule has 0 unspecified atom stereocenters. The van der Waals surface area contributed by atoms with Crippen molar-refractivity contribution in [2.75, 3.05) is 7.11 Å². The first-order chi connectivity index (χ1) is 10.1. The summed E-state index contributed by atoms with van der Waals surface area (Å²) in [6, 6.07) is 11.6. The van der Waals surface area contributed by atoms with E-state index in [0.29, 0.717) is 5.56 Å². The largest absolute Gasteiger partial charge is 0.497 e. The number of thiocarbonyl (C=S) groups is 1. The first-order valence-corrected chi connectivity index (χ1v) is 7.22. The number of methoxy groups -OCH3 is 1.